The Bertz CT molecular complexity index is 1380. The topological polar surface area (TPSA) is 65.9 Å². The van der Waals surface area contributed by atoms with Crippen LogP contribution in [-0.2, 0) is 13.2 Å². The summed E-state index contributed by atoms with van der Waals surface area (Å²) >= 11 is 9.41. The second-order valence-electron chi connectivity index (χ2n) is 7.63. The molecule has 35 heavy (non-hydrogen) atoms. The third-order valence-corrected chi connectivity index (χ3v) is 7.69. The van der Waals surface area contributed by atoms with Gasteiger partial charge in [-0.2, -0.15) is 0 Å². The van der Waals surface area contributed by atoms with Crippen molar-refractivity contribution in [2.24, 2.45) is 4.99 Å². The molecule has 5 nitrogen and oxygen atoms in total. The summed E-state index contributed by atoms with van der Waals surface area (Å²) in [5.41, 5.74) is 2.85. The quantitative estimate of drug-likeness (QED) is 0.222. The van der Waals surface area contributed by atoms with Crippen molar-refractivity contribution < 1.29 is 9.84 Å². The molecule has 1 aliphatic rings. The second-order valence-corrected chi connectivity index (χ2v) is 9.97. The van der Waals surface area contributed by atoms with Crippen molar-refractivity contribution in [3.05, 3.63) is 107 Å². The number of ether oxygens (including phenoxy) is 1. The van der Waals surface area contributed by atoms with E-state index in [1.807, 2.05) is 72.8 Å². The monoisotopic (exact) mass is 519 g/mol. The number of aliphatic hydroxyl groups excluding tert-OH is 1. The van der Waals surface area contributed by atoms with Crippen molar-refractivity contribution in [2.45, 2.75) is 27.8 Å². The Morgan fingerprint density at radius 2 is 1.51 bits per heavy atom. The number of benzene rings is 4. The zero-order valence-electron chi connectivity index (χ0n) is 18.6. The van der Waals surface area contributed by atoms with Gasteiger partial charge < -0.3 is 15.2 Å². The summed E-state index contributed by atoms with van der Waals surface area (Å²) in [6, 6.07) is 29.3. The number of hydrogen-bond acceptors (Lipinski definition) is 5. The van der Waals surface area contributed by atoms with Gasteiger partial charge in [0.1, 0.15) is 5.75 Å². The Labute approximate surface area is 217 Å². The van der Waals surface area contributed by atoms with E-state index in [2.05, 4.69) is 22.2 Å². The number of halogens is 1. The van der Waals surface area contributed by atoms with Gasteiger partial charge in [0.15, 0.2) is 5.75 Å². The lowest BCUT2D eigenvalue weighted by atomic mass is 10.2. The first-order chi connectivity index (χ1) is 17.2. The van der Waals surface area contributed by atoms with Crippen LogP contribution in [0.15, 0.2) is 111 Å². The van der Waals surface area contributed by atoms with E-state index in [1.54, 1.807) is 17.8 Å². The van der Waals surface area contributed by atoms with Gasteiger partial charge in [-0.1, -0.05) is 78.0 Å². The molecule has 5 rings (SSSR count). The minimum Gasteiger partial charge on any atom is -0.454 e. The second kappa shape index (κ2) is 11.1. The normalized spacial score (nSPS) is 13.6. The zero-order valence-corrected chi connectivity index (χ0v) is 21.0. The average molecular weight is 520 g/mol. The maximum atomic E-state index is 9.68. The molecule has 0 saturated carbocycles. The predicted octanol–water partition coefficient (Wildman–Crippen LogP) is 7.35. The first-order valence-electron chi connectivity index (χ1n) is 11.0. The third kappa shape index (κ3) is 5.60. The van der Waals surface area contributed by atoms with Crippen LogP contribution < -0.4 is 14.8 Å². The fourth-order valence-electron chi connectivity index (χ4n) is 3.52. The van der Waals surface area contributed by atoms with Crippen LogP contribution in [0.1, 0.15) is 11.1 Å². The van der Waals surface area contributed by atoms with Gasteiger partial charge in [-0.05, 0) is 59.5 Å². The van der Waals surface area contributed by atoms with Crippen molar-refractivity contribution in [1.82, 2.24) is 4.72 Å². The summed E-state index contributed by atoms with van der Waals surface area (Å²) in [7, 11) is 0. The van der Waals surface area contributed by atoms with Crippen molar-refractivity contribution in [1.29, 1.82) is 0 Å². The molecular formula is C27H22ClN3O2S2. The van der Waals surface area contributed by atoms with Crippen LogP contribution in [0.2, 0.25) is 5.02 Å². The van der Waals surface area contributed by atoms with E-state index in [0.717, 1.165) is 31.5 Å². The number of hydrogen-bond donors (Lipinski definition) is 3. The van der Waals surface area contributed by atoms with E-state index in [1.165, 1.54) is 11.9 Å². The van der Waals surface area contributed by atoms with Crippen LogP contribution in [0.3, 0.4) is 0 Å². The van der Waals surface area contributed by atoms with Gasteiger partial charge in [-0.3, -0.25) is 4.72 Å². The number of nitrogens with one attached hydrogen (secondary N) is 2. The maximum Gasteiger partial charge on any atom is 0.206 e. The zero-order chi connectivity index (χ0) is 24.0. The van der Waals surface area contributed by atoms with Crippen molar-refractivity contribution in [3.63, 3.8) is 0 Å². The summed E-state index contributed by atoms with van der Waals surface area (Å²) in [4.78, 5) is 7.94. The number of aliphatic imine (C=N–C) groups is 1. The summed E-state index contributed by atoms with van der Waals surface area (Å²) < 4.78 is 9.38. The number of guanidine groups is 1. The van der Waals surface area contributed by atoms with Crippen LogP contribution in [-0.4, -0.2) is 11.1 Å². The minimum absolute atomic E-state index is 0.0106. The van der Waals surface area contributed by atoms with Gasteiger partial charge in [0.25, 0.3) is 0 Å². The molecule has 8 heteroatoms. The molecule has 0 unspecified atom stereocenters. The number of rotatable bonds is 7. The molecule has 0 aromatic heterocycles. The standard InChI is InChI=1S/C27H22ClN3O2S2/c28-20-10-3-4-11-21(20)33-22-12-7-15-25-26(22)30-27(31-35-25)29-16-18-8-1-5-13-23(18)34-24-14-6-2-9-19(24)17-32/h1-15,32H,16-17H2,(H2,29,30,31). The first kappa shape index (κ1) is 23.6. The van der Waals surface area contributed by atoms with Gasteiger partial charge in [-0.25, -0.2) is 4.99 Å². The highest BCUT2D eigenvalue weighted by atomic mass is 35.5. The molecule has 4 aromatic rings. The van der Waals surface area contributed by atoms with E-state index in [-0.39, 0.29) is 6.61 Å². The maximum absolute atomic E-state index is 9.68. The van der Waals surface area contributed by atoms with Crippen molar-refractivity contribution >= 4 is 47.0 Å². The van der Waals surface area contributed by atoms with Gasteiger partial charge in [0.2, 0.25) is 5.96 Å². The smallest absolute Gasteiger partial charge is 0.206 e. The third-order valence-electron chi connectivity index (χ3n) is 5.29. The number of nitrogens with zero attached hydrogens (tertiary/aromatic N) is 1. The fraction of sp³-hybridized carbons (Fsp3) is 0.0741. The summed E-state index contributed by atoms with van der Waals surface area (Å²) in [5, 5.41) is 13.6. The number of anilines is 1. The molecule has 0 radical (unpaired) electrons. The molecule has 0 aliphatic carbocycles. The molecule has 1 aliphatic heterocycles. The Hall–Kier alpha value is -3.10. The van der Waals surface area contributed by atoms with E-state index >= 15 is 0 Å². The summed E-state index contributed by atoms with van der Waals surface area (Å²) in [6.45, 7) is 0.500. The number of para-hydroxylation sites is 2. The highest BCUT2D eigenvalue weighted by molar-refractivity contribution is 7.99. The lowest BCUT2D eigenvalue weighted by Gasteiger charge is -2.23. The van der Waals surface area contributed by atoms with Crippen LogP contribution in [0, 0.1) is 0 Å². The molecule has 0 saturated heterocycles. The Morgan fingerprint density at radius 1 is 0.829 bits per heavy atom. The molecule has 0 fully saturated rings. The molecule has 176 valence electrons. The average Bonchev–Trinajstić information content (AvgIpc) is 2.90. The number of fused-ring (bicyclic) bond motifs is 1. The van der Waals surface area contributed by atoms with Crippen LogP contribution in [0.5, 0.6) is 11.5 Å². The molecule has 0 bridgehead atoms. The molecule has 0 atom stereocenters. The first-order valence-corrected chi connectivity index (χ1v) is 13.0. The summed E-state index contributed by atoms with van der Waals surface area (Å²) in [5.74, 6) is 1.92. The highest BCUT2D eigenvalue weighted by Gasteiger charge is 2.19. The lowest BCUT2D eigenvalue weighted by Crippen LogP contribution is -2.29. The molecule has 4 aromatic carbocycles. The van der Waals surface area contributed by atoms with E-state index in [9.17, 15) is 5.11 Å². The van der Waals surface area contributed by atoms with Crippen molar-refractivity contribution in [3.8, 4) is 11.5 Å². The van der Waals surface area contributed by atoms with Gasteiger partial charge in [0.05, 0.1) is 28.8 Å². The Balaban J connectivity index is 1.35. The van der Waals surface area contributed by atoms with Gasteiger partial charge in [-0.15, -0.1) is 0 Å². The summed E-state index contributed by atoms with van der Waals surface area (Å²) in [6.07, 6.45) is 0. The minimum atomic E-state index is 0.0106. The molecular weight excluding hydrogens is 498 g/mol. The van der Waals surface area contributed by atoms with E-state index < -0.39 is 0 Å². The predicted molar refractivity (Wildman–Crippen MR) is 145 cm³/mol. The Morgan fingerprint density at radius 3 is 2.31 bits per heavy atom. The Kier molecular flexibility index (Phi) is 7.49. The van der Waals surface area contributed by atoms with Gasteiger partial charge >= 0.3 is 0 Å². The fourth-order valence-corrected chi connectivity index (χ4v) is 5.47. The van der Waals surface area contributed by atoms with Crippen LogP contribution in [0.4, 0.5) is 5.69 Å². The number of aliphatic hydroxyl groups is 1. The van der Waals surface area contributed by atoms with E-state index in [0.29, 0.717) is 29.0 Å². The van der Waals surface area contributed by atoms with Gasteiger partial charge in [0, 0.05) is 9.79 Å². The van der Waals surface area contributed by atoms with E-state index in [4.69, 9.17) is 21.3 Å². The molecule has 0 spiro atoms. The van der Waals surface area contributed by atoms with Crippen molar-refractivity contribution in [2.75, 3.05) is 5.32 Å². The molecule has 3 N–H and O–H groups in total. The molecule has 1 heterocycles. The highest BCUT2D eigenvalue weighted by Crippen LogP contribution is 2.40. The van der Waals surface area contributed by atoms with Crippen LogP contribution >= 0.6 is 35.3 Å². The lowest BCUT2D eigenvalue weighted by molar-refractivity contribution is 0.279. The SMILES string of the molecule is OCc1ccccc1Sc1ccccc1CN=C1NSc2cccc(Oc3ccccc3Cl)c2N1. The van der Waals surface area contributed by atoms with Crippen LogP contribution in [0.25, 0.3) is 0 Å². The largest absolute Gasteiger partial charge is 0.454 e. The molecule has 0 amide bonds.